The number of hydrogen-bond acceptors (Lipinski definition) is 5. The molecule has 4 rings (SSSR count). The van der Waals surface area contributed by atoms with Crippen LogP contribution in [-0.4, -0.2) is 35.6 Å². The van der Waals surface area contributed by atoms with Crippen LogP contribution in [-0.2, 0) is 13.0 Å². The Hall–Kier alpha value is -2.70. The van der Waals surface area contributed by atoms with E-state index in [2.05, 4.69) is 15.5 Å². The summed E-state index contributed by atoms with van der Waals surface area (Å²) in [7, 11) is 1.63. The summed E-state index contributed by atoms with van der Waals surface area (Å²) in [5.41, 5.74) is 5.37. The Morgan fingerprint density at radius 3 is 2.89 bits per heavy atom. The lowest BCUT2D eigenvalue weighted by atomic mass is 10.1. The van der Waals surface area contributed by atoms with Crippen molar-refractivity contribution < 1.29 is 14.6 Å². The number of nitrogens with zero attached hydrogens (tertiary/aromatic N) is 1. The van der Waals surface area contributed by atoms with Gasteiger partial charge in [-0.25, -0.2) is 0 Å². The molecular weight excluding hydrogens is 378 g/mol. The highest BCUT2D eigenvalue weighted by molar-refractivity contribution is 6.31. The minimum Gasteiger partial charge on any atom is -0.493 e. The van der Waals surface area contributed by atoms with Crippen molar-refractivity contribution in [2.45, 2.75) is 19.4 Å². The Bertz CT molecular complexity index is 987. The summed E-state index contributed by atoms with van der Waals surface area (Å²) < 4.78 is 11.3. The molecule has 0 saturated heterocycles. The molecule has 1 aromatic heterocycles. The number of aliphatic hydroxyl groups is 1. The number of anilines is 1. The largest absolute Gasteiger partial charge is 0.493 e. The van der Waals surface area contributed by atoms with Crippen molar-refractivity contribution >= 4 is 17.4 Å². The molecule has 146 valence electrons. The summed E-state index contributed by atoms with van der Waals surface area (Å²) in [5.74, 6) is 2.19. The molecule has 0 fully saturated rings. The normalized spacial score (nSPS) is 11.8. The Kier molecular flexibility index (Phi) is 5.41. The number of aromatic nitrogens is 2. The lowest BCUT2D eigenvalue weighted by molar-refractivity contribution is 0.228. The number of aliphatic hydroxyl groups excluding tert-OH is 1. The Morgan fingerprint density at radius 2 is 2.11 bits per heavy atom. The number of benzene rings is 2. The Morgan fingerprint density at radius 1 is 1.25 bits per heavy atom. The van der Waals surface area contributed by atoms with E-state index in [9.17, 15) is 0 Å². The lowest BCUT2D eigenvalue weighted by Gasteiger charge is -2.12. The monoisotopic (exact) mass is 399 g/mol. The van der Waals surface area contributed by atoms with Crippen molar-refractivity contribution in [2.24, 2.45) is 0 Å². The van der Waals surface area contributed by atoms with E-state index in [0.717, 1.165) is 45.2 Å². The van der Waals surface area contributed by atoms with E-state index in [4.69, 9.17) is 26.2 Å². The molecule has 0 saturated carbocycles. The van der Waals surface area contributed by atoms with Crippen LogP contribution < -0.4 is 14.8 Å². The topological polar surface area (TPSA) is 79.4 Å². The Labute approximate surface area is 168 Å². The molecule has 0 aliphatic heterocycles. The smallest absolute Gasteiger partial charge is 0.161 e. The molecular formula is C21H22ClN3O3. The molecule has 1 aliphatic carbocycles. The van der Waals surface area contributed by atoms with E-state index in [1.807, 2.05) is 36.4 Å². The van der Waals surface area contributed by atoms with Crippen LogP contribution in [0.5, 0.6) is 11.5 Å². The molecule has 0 spiro atoms. The van der Waals surface area contributed by atoms with Gasteiger partial charge >= 0.3 is 0 Å². The number of ether oxygens (including phenoxy) is 2. The number of rotatable bonds is 8. The van der Waals surface area contributed by atoms with Gasteiger partial charge in [0, 0.05) is 42.1 Å². The molecule has 28 heavy (non-hydrogen) atoms. The van der Waals surface area contributed by atoms with Crippen LogP contribution in [0.2, 0.25) is 5.02 Å². The third kappa shape index (κ3) is 3.53. The summed E-state index contributed by atoms with van der Waals surface area (Å²) in [5, 5.41) is 20.7. The van der Waals surface area contributed by atoms with Gasteiger partial charge in [-0.1, -0.05) is 29.8 Å². The number of fused-ring (bicyclic) bond motifs is 3. The highest BCUT2D eigenvalue weighted by Gasteiger charge is 2.26. The van der Waals surface area contributed by atoms with E-state index in [-0.39, 0.29) is 6.61 Å². The van der Waals surface area contributed by atoms with E-state index in [1.165, 1.54) is 0 Å². The second-order valence-electron chi connectivity index (χ2n) is 6.63. The molecule has 1 heterocycles. The summed E-state index contributed by atoms with van der Waals surface area (Å²) in [4.78, 5) is 0. The molecule has 3 aromatic rings. The van der Waals surface area contributed by atoms with Crippen molar-refractivity contribution in [1.29, 1.82) is 0 Å². The fourth-order valence-corrected chi connectivity index (χ4v) is 3.62. The zero-order valence-electron chi connectivity index (χ0n) is 15.6. The molecule has 0 atom stereocenters. The van der Waals surface area contributed by atoms with Gasteiger partial charge in [0.2, 0.25) is 0 Å². The number of nitrogens with one attached hydrogen (secondary N) is 2. The average molecular weight is 400 g/mol. The van der Waals surface area contributed by atoms with Gasteiger partial charge in [0.25, 0.3) is 0 Å². The van der Waals surface area contributed by atoms with E-state index < -0.39 is 0 Å². The average Bonchev–Trinajstić information content (AvgIpc) is 3.26. The SMILES string of the molecule is COc1cc2c(cc1OCCCO)Cc1c(NCc3ccccc3Cl)n[nH]c1-2. The minimum absolute atomic E-state index is 0.101. The predicted octanol–water partition coefficient (Wildman–Crippen LogP) is 4.02. The first-order chi connectivity index (χ1) is 13.7. The number of aromatic amines is 1. The summed E-state index contributed by atoms with van der Waals surface area (Å²) in [6.07, 6.45) is 1.34. The first kappa shape index (κ1) is 18.7. The van der Waals surface area contributed by atoms with Gasteiger partial charge in [-0.2, -0.15) is 5.10 Å². The van der Waals surface area contributed by atoms with Crippen molar-refractivity contribution in [1.82, 2.24) is 10.2 Å². The zero-order chi connectivity index (χ0) is 19.5. The maximum Gasteiger partial charge on any atom is 0.161 e. The zero-order valence-corrected chi connectivity index (χ0v) is 16.3. The number of methoxy groups -OCH3 is 1. The lowest BCUT2D eigenvalue weighted by Crippen LogP contribution is -2.03. The molecule has 0 bridgehead atoms. The van der Waals surface area contributed by atoms with Crippen molar-refractivity contribution in [2.75, 3.05) is 25.6 Å². The number of H-pyrrole nitrogens is 1. The Balaban J connectivity index is 1.55. The third-order valence-corrected chi connectivity index (χ3v) is 5.23. The van der Waals surface area contributed by atoms with Crippen LogP contribution in [0.1, 0.15) is 23.1 Å². The first-order valence-corrected chi connectivity index (χ1v) is 9.58. The van der Waals surface area contributed by atoms with Gasteiger partial charge in [-0.15, -0.1) is 0 Å². The van der Waals surface area contributed by atoms with E-state index in [0.29, 0.717) is 31.1 Å². The molecule has 2 aromatic carbocycles. The fourth-order valence-electron chi connectivity index (χ4n) is 3.42. The van der Waals surface area contributed by atoms with Gasteiger partial charge in [0.15, 0.2) is 17.3 Å². The van der Waals surface area contributed by atoms with Crippen LogP contribution in [0.3, 0.4) is 0 Å². The van der Waals surface area contributed by atoms with E-state index >= 15 is 0 Å². The van der Waals surface area contributed by atoms with Crippen molar-refractivity contribution in [3.8, 4) is 22.8 Å². The van der Waals surface area contributed by atoms with Crippen LogP contribution in [0, 0.1) is 0 Å². The maximum atomic E-state index is 8.96. The van der Waals surface area contributed by atoms with Gasteiger partial charge in [0.05, 0.1) is 19.4 Å². The molecule has 1 aliphatic rings. The summed E-state index contributed by atoms with van der Waals surface area (Å²) >= 11 is 6.25. The molecule has 7 heteroatoms. The van der Waals surface area contributed by atoms with Crippen molar-refractivity contribution in [3.63, 3.8) is 0 Å². The second kappa shape index (κ2) is 8.12. The maximum absolute atomic E-state index is 8.96. The number of halogens is 1. The summed E-state index contributed by atoms with van der Waals surface area (Å²) in [6.45, 7) is 1.15. The minimum atomic E-state index is 0.101. The van der Waals surface area contributed by atoms with Gasteiger partial charge in [-0.3, -0.25) is 5.10 Å². The molecule has 0 radical (unpaired) electrons. The highest BCUT2D eigenvalue weighted by Crippen LogP contribution is 2.44. The quantitative estimate of drug-likeness (QED) is 0.390. The van der Waals surface area contributed by atoms with Gasteiger partial charge in [0.1, 0.15) is 0 Å². The van der Waals surface area contributed by atoms with Crippen LogP contribution >= 0.6 is 11.6 Å². The standard InChI is InChI=1S/C21H22ClN3O3/c1-27-18-11-15-14(10-19(18)28-8-4-7-26)9-16-20(15)24-25-21(16)23-12-13-5-2-3-6-17(13)22/h2-3,5-6,10-11,26H,4,7-9,12H2,1H3,(H2,23,24,25). The van der Waals surface area contributed by atoms with Crippen LogP contribution in [0.15, 0.2) is 36.4 Å². The van der Waals surface area contributed by atoms with Gasteiger partial charge in [-0.05, 0) is 29.3 Å². The van der Waals surface area contributed by atoms with E-state index in [1.54, 1.807) is 7.11 Å². The summed E-state index contributed by atoms with van der Waals surface area (Å²) in [6, 6.07) is 11.8. The molecule has 0 unspecified atom stereocenters. The molecule has 0 amide bonds. The third-order valence-electron chi connectivity index (χ3n) is 4.86. The van der Waals surface area contributed by atoms with Crippen LogP contribution in [0.25, 0.3) is 11.3 Å². The number of hydrogen-bond donors (Lipinski definition) is 3. The van der Waals surface area contributed by atoms with Crippen molar-refractivity contribution in [3.05, 3.63) is 58.1 Å². The first-order valence-electron chi connectivity index (χ1n) is 9.20. The van der Waals surface area contributed by atoms with Gasteiger partial charge < -0.3 is 19.9 Å². The second-order valence-corrected chi connectivity index (χ2v) is 7.04. The highest BCUT2D eigenvalue weighted by atomic mass is 35.5. The predicted molar refractivity (Wildman–Crippen MR) is 109 cm³/mol. The van der Waals surface area contributed by atoms with Crippen LogP contribution in [0.4, 0.5) is 5.82 Å². The molecule has 6 nitrogen and oxygen atoms in total. The molecule has 3 N–H and O–H groups in total. The fraction of sp³-hybridized carbons (Fsp3) is 0.286.